The molecule has 0 spiro atoms. The summed E-state index contributed by atoms with van der Waals surface area (Å²) in [6.45, 7) is 8.34. The average Bonchev–Trinajstić information content (AvgIpc) is 2.59. The van der Waals surface area contributed by atoms with E-state index in [0.717, 1.165) is 52.1 Å². The first-order valence-corrected chi connectivity index (χ1v) is 8.74. The molecule has 1 aliphatic rings. The highest BCUT2D eigenvalue weighted by Crippen LogP contribution is 2.04. The van der Waals surface area contributed by atoms with E-state index in [4.69, 9.17) is 5.73 Å². The quantitative estimate of drug-likeness (QED) is 0.697. The van der Waals surface area contributed by atoms with Crippen molar-refractivity contribution < 1.29 is 8.42 Å². The molecule has 2 N–H and O–H groups in total. The second-order valence-corrected chi connectivity index (χ2v) is 7.39. The third-order valence-corrected chi connectivity index (χ3v) is 5.20. The van der Waals surface area contributed by atoms with Crippen LogP contribution in [0.2, 0.25) is 0 Å². The van der Waals surface area contributed by atoms with E-state index in [2.05, 4.69) is 9.80 Å². The number of nitrogens with two attached hydrogens (primary N) is 1. The normalized spacial score (nSPS) is 19.9. The van der Waals surface area contributed by atoms with Gasteiger partial charge in [0.25, 0.3) is 0 Å². The first-order valence-electron chi connectivity index (χ1n) is 6.92. The zero-order valence-electron chi connectivity index (χ0n) is 11.5. The van der Waals surface area contributed by atoms with Crippen LogP contribution in [0.4, 0.5) is 0 Å². The van der Waals surface area contributed by atoms with Crippen molar-refractivity contribution in [3.63, 3.8) is 0 Å². The third-order valence-electron chi connectivity index (χ3n) is 3.52. The molecule has 1 saturated heterocycles. The molecule has 18 heavy (non-hydrogen) atoms. The second-order valence-electron chi connectivity index (χ2n) is 4.92. The van der Waals surface area contributed by atoms with Gasteiger partial charge in [-0.2, -0.15) is 0 Å². The van der Waals surface area contributed by atoms with Crippen LogP contribution in [0, 0.1) is 0 Å². The smallest absolute Gasteiger partial charge is 0.151 e. The number of rotatable bonds is 7. The maximum absolute atomic E-state index is 11.5. The lowest BCUT2D eigenvalue weighted by molar-refractivity contribution is 0.262. The van der Waals surface area contributed by atoms with Crippen LogP contribution in [0.15, 0.2) is 0 Å². The Morgan fingerprint density at radius 2 is 1.67 bits per heavy atom. The standard InChI is InChI=1S/C12H27N3O2S/c1-2-18(16,17)12-11-15-8-4-7-14(9-10-15)6-3-5-13/h2-13H2,1H3. The van der Waals surface area contributed by atoms with Gasteiger partial charge in [-0.1, -0.05) is 6.92 Å². The Labute approximate surface area is 111 Å². The fourth-order valence-corrected chi connectivity index (χ4v) is 3.02. The molecule has 0 aromatic rings. The molecule has 0 bridgehead atoms. The molecule has 1 fully saturated rings. The van der Waals surface area contributed by atoms with E-state index in [-0.39, 0.29) is 5.75 Å². The molecule has 0 amide bonds. The van der Waals surface area contributed by atoms with Crippen LogP contribution in [0.25, 0.3) is 0 Å². The Balaban J connectivity index is 2.29. The zero-order valence-corrected chi connectivity index (χ0v) is 12.3. The average molecular weight is 277 g/mol. The first-order chi connectivity index (χ1) is 8.57. The van der Waals surface area contributed by atoms with Crippen molar-refractivity contribution in [2.75, 3.05) is 57.3 Å². The maximum atomic E-state index is 11.5. The summed E-state index contributed by atoms with van der Waals surface area (Å²) in [5.74, 6) is 0.551. The summed E-state index contributed by atoms with van der Waals surface area (Å²) in [6, 6.07) is 0. The van der Waals surface area contributed by atoms with Gasteiger partial charge in [0.05, 0.1) is 5.75 Å². The molecule has 0 radical (unpaired) electrons. The van der Waals surface area contributed by atoms with Crippen LogP contribution < -0.4 is 5.73 Å². The van der Waals surface area contributed by atoms with Crippen LogP contribution >= 0.6 is 0 Å². The van der Waals surface area contributed by atoms with Crippen molar-refractivity contribution in [1.29, 1.82) is 0 Å². The van der Waals surface area contributed by atoms with Gasteiger partial charge >= 0.3 is 0 Å². The fourth-order valence-electron chi connectivity index (χ4n) is 2.20. The molecule has 6 heteroatoms. The van der Waals surface area contributed by atoms with Crippen molar-refractivity contribution in [3.8, 4) is 0 Å². The van der Waals surface area contributed by atoms with Crippen molar-refractivity contribution in [2.45, 2.75) is 19.8 Å². The molecule has 0 saturated carbocycles. The van der Waals surface area contributed by atoms with Gasteiger partial charge in [-0.15, -0.1) is 0 Å². The van der Waals surface area contributed by atoms with Gasteiger partial charge in [0, 0.05) is 25.4 Å². The molecule has 0 atom stereocenters. The van der Waals surface area contributed by atoms with Crippen molar-refractivity contribution in [2.24, 2.45) is 5.73 Å². The maximum Gasteiger partial charge on any atom is 0.151 e. The minimum Gasteiger partial charge on any atom is -0.330 e. The van der Waals surface area contributed by atoms with E-state index >= 15 is 0 Å². The number of sulfone groups is 1. The van der Waals surface area contributed by atoms with Gasteiger partial charge in [-0.25, -0.2) is 8.42 Å². The molecule has 108 valence electrons. The molecule has 1 heterocycles. The molecule has 0 aliphatic carbocycles. The SMILES string of the molecule is CCS(=O)(=O)CCN1CCCN(CCCN)CC1. The van der Waals surface area contributed by atoms with Gasteiger partial charge in [0.1, 0.15) is 0 Å². The van der Waals surface area contributed by atoms with Crippen molar-refractivity contribution in [1.82, 2.24) is 9.80 Å². The summed E-state index contributed by atoms with van der Waals surface area (Å²) >= 11 is 0. The lowest BCUT2D eigenvalue weighted by Gasteiger charge is -2.21. The van der Waals surface area contributed by atoms with Gasteiger partial charge in [-0.3, -0.25) is 0 Å². The molecular formula is C12H27N3O2S. The number of hydrogen-bond donors (Lipinski definition) is 1. The molecule has 0 aromatic heterocycles. The molecule has 1 aliphatic heterocycles. The van der Waals surface area contributed by atoms with Gasteiger partial charge in [-0.05, 0) is 39.0 Å². The Morgan fingerprint density at radius 3 is 2.22 bits per heavy atom. The third kappa shape index (κ3) is 6.13. The Hall–Kier alpha value is -0.170. The van der Waals surface area contributed by atoms with Crippen LogP contribution in [0.3, 0.4) is 0 Å². The highest BCUT2D eigenvalue weighted by Gasteiger charge is 2.16. The highest BCUT2D eigenvalue weighted by molar-refractivity contribution is 7.91. The van der Waals surface area contributed by atoms with Gasteiger partial charge < -0.3 is 15.5 Å². The molecular weight excluding hydrogens is 250 g/mol. The van der Waals surface area contributed by atoms with Crippen molar-refractivity contribution in [3.05, 3.63) is 0 Å². The van der Waals surface area contributed by atoms with E-state index < -0.39 is 9.84 Å². The molecule has 0 unspecified atom stereocenters. The van der Waals surface area contributed by atoms with Crippen LogP contribution in [-0.4, -0.2) is 75.5 Å². The predicted molar refractivity (Wildman–Crippen MR) is 75.5 cm³/mol. The molecule has 1 rings (SSSR count). The van der Waals surface area contributed by atoms with Crippen LogP contribution in [0.1, 0.15) is 19.8 Å². The van der Waals surface area contributed by atoms with E-state index in [1.807, 2.05) is 0 Å². The second kappa shape index (κ2) is 8.09. The summed E-state index contributed by atoms with van der Waals surface area (Å²) < 4.78 is 23.0. The van der Waals surface area contributed by atoms with Crippen LogP contribution in [-0.2, 0) is 9.84 Å². The lowest BCUT2D eigenvalue weighted by atomic mass is 10.3. The van der Waals surface area contributed by atoms with E-state index in [0.29, 0.717) is 12.3 Å². The monoisotopic (exact) mass is 277 g/mol. The number of hydrogen-bond acceptors (Lipinski definition) is 5. The zero-order chi connectivity index (χ0) is 13.4. The van der Waals surface area contributed by atoms with Crippen molar-refractivity contribution >= 4 is 9.84 Å². The summed E-state index contributed by atoms with van der Waals surface area (Å²) in [5, 5.41) is 0. The topological polar surface area (TPSA) is 66.6 Å². The summed E-state index contributed by atoms with van der Waals surface area (Å²) in [5.41, 5.74) is 5.52. The Morgan fingerprint density at radius 1 is 1.06 bits per heavy atom. The summed E-state index contributed by atoms with van der Waals surface area (Å²) in [4.78, 5) is 4.71. The van der Waals surface area contributed by atoms with E-state index in [9.17, 15) is 8.42 Å². The van der Waals surface area contributed by atoms with Crippen LogP contribution in [0.5, 0.6) is 0 Å². The predicted octanol–water partition coefficient (Wildman–Crippen LogP) is -0.222. The summed E-state index contributed by atoms with van der Waals surface area (Å²) in [6.07, 6.45) is 2.17. The minimum absolute atomic E-state index is 0.253. The number of nitrogens with zero attached hydrogens (tertiary/aromatic N) is 2. The molecule has 5 nitrogen and oxygen atoms in total. The van der Waals surface area contributed by atoms with Gasteiger partial charge in [0.2, 0.25) is 0 Å². The Bertz CT molecular complexity index is 319. The minimum atomic E-state index is -2.83. The van der Waals surface area contributed by atoms with Gasteiger partial charge in [0.15, 0.2) is 9.84 Å². The molecule has 0 aromatic carbocycles. The highest BCUT2D eigenvalue weighted by atomic mass is 32.2. The first kappa shape index (κ1) is 15.9. The summed E-state index contributed by atoms with van der Waals surface area (Å²) in [7, 11) is -2.83. The van der Waals surface area contributed by atoms with E-state index in [1.54, 1.807) is 6.92 Å². The lowest BCUT2D eigenvalue weighted by Crippen LogP contribution is -2.34. The van der Waals surface area contributed by atoms with E-state index in [1.165, 1.54) is 0 Å². The Kier molecular flexibility index (Phi) is 7.14. The fraction of sp³-hybridized carbons (Fsp3) is 1.00. The largest absolute Gasteiger partial charge is 0.330 e.